The second kappa shape index (κ2) is 8.08. The van der Waals surface area contributed by atoms with Crippen molar-refractivity contribution in [3.8, 4) is 5.75 Å². The minimum absolute atomic E-state index is 0.00373. The predicted octanol–water partition coefficient (Wildman–Crippen LogP) is 3.54. The van der Waals surface area contributed by atoms with Gasteiger partial charge in [-0.15, -0.1) is 0 Å². The molecule has 1 fully saturated rings. The van der Waals surface area contributed by atoms with E-state index in [4.69, 9.17) is 4.74 Å². The summed E-state index contributed by atoms with van der Waals surface area (Å²) in [5, 5.41) is 2.80. The number of benzene rings is 1. The Hall–Kier alpha value is -2.76. The lowest BCUT2D eigenvalue weighted by Crippen LogP contribution is -2.39. The fourth-order valence-electron chi connectivity index (χ4n) is 3.40. The van der Waals surface area contributed by atoms with Crippen LogP contribution in [0.3, 0.4) is 0 Å². The molecular weight excluding hydrogens is 330 g/mol. The zero-order valence-corrected chi connectivity index (χ0v) is 15.3. The highest BCUT2D eigenvalue weighted by Gasteiger charge is 2.27. The summed E-state index contributed by atoms with van der Waals surface area (Å²) >= 11 is 0. The second-order valence-corrected chi connectivity index (χ2v) is 6.60. The monoisotopic (exact) mass is 355 g/mol. The molecule has 2 aromatic rings. The topological polar surface area (TPSA) is 63.6 Å². The average molecular weight is 355 g/mol. The van der Waals surface area contributed by atoms with Crippen LogP contribution in [0.2, 0.25) is 0 Å². The molecular formula is C20H25N3O3. The van der Waals surface area contributed by atoms with Crippen LogP contribution in [0.15, 0.2) is 47.4 Å². The van der Waals surface area contributed by atoms with Crippen LogP contribution in [0.1, 0.15) is 37.3 Å². The van der Waals surface area contributed by atoms with Gasteiger partial charge in [-0.2, -0.15) is 0 Å². The smallest absolute Gasteiger partial charge is 0.322 e. The van der Waals surface area contributed by atoms with Crippen LogP contribution in [0.4, 0.5) is 10.5 Å². The summed E-state index contributed by atoms with van der Waals surface area (Å²) in [5.74, 6) is 0.797. The molecule has 1 aromatic heterocycles. The molecule has 1 aliphatic rings. The van der Waals surface area contributed by atoms with Gasteiger partial charge in [0, 0.05) is 19.8 Å². The zero-order valence-electron chi connectivity index (χ0n) is 15.3. The standard InChI is InChI=1S/C20H25N3O3/c1-22-13-6-7-17(19(22)24)21-20(25)23-14-5-3-4-8-18(23)15-9-11-16(26-2)12-10-15/h6-7,9-13,18H,3-5,8,14H2,1-2H3,(H,21,25). The van der Waals surface area contributed by atoms with Gasteiger partial charge < -0.3 is 19.5 Å². The number of hydrogen-bond donors (Lipinski definition) is 1. The molecule has 1 aromatic carbocycles. The van der Waals surface area contributed by atoms with E-state index in [1.807, 2.05) is 29.2 Å². The van der Waals surface area contributed by atoms with Gasteiger partial charge in [-0.25, -0.2) is 4.79 Å². The van der Waals surface area contributed by atoms with Crippen molar-refractivity contribution in [1.29, 1.82) is 0 Å². The first-order valence-electron chi connectivity index (χ1n) is 8.97. The van der Waals surface area contributed by atoms with Crippen molar-refractivity contribution in [2.75, 3.05) is 19.0 Å². The normalized spacial score (nSPS) is 17.5. The van der Waals surface area contributed by atoms with E-state index in [0.717, 1.165) is 37.0 Å². The van der Waals surface area contributed by atoms with Gasteiger partial charge in [0.25, 0.3) is 5.56 Å². The first-order valence-corrected chi connectivity index (χ1v) is 8.97. The average Bonchev–Trinajstić information content (AvgIpc) is 2.91. The van der Waals surface area contributed by atoms with Crippen molar-refractivity contribution in [3.63, 3.8) is 0 Å². The highest BCUT2D eigenvalue weighted by atomic mass is 16.5. The maximum absolute atomic E-state index is 12.9. The summed E-state index contributed by atoms with van der Waals surface area (Å²) in [5.41, 5.74) is 1.18. The highest BCUT2D eigenvalue weighted by Crippen LogP contribution is 2.31. The first kappa shape index (κ1) is 18.0. The molecule has 0 spiro atoms. The lowest BCUT2D eigenvalue weighted by atomic mass is 10.0. The van der Waals surface area contributed by atoms with Crippen molar-refractivity contribution < 1.29 is 9.53 Å². The third-order valence-corrected chi connectivity index (χ3v) is 4.88. The van der Waals surface area contributed by atoms with Crippen LogP contribution >= 0.6 is 0 Å². The molecule has 138 valence electrons. The molecule has 0 bridgehead atoms. The molecule has 3 rings (SSSR count). The molecule has 2 heterocycles. The Morgan fingerprint density at radius 2 is 1.92 bits per heavy atom. The second-order valence-electron chi connectivity index (χ2n) is 6.60. The number of carbonyl (C=O) groups is 1. The van der Waals surface area contributed by atoms with Crippen LogP contribution in [0.5, 0.6) is 5.75 Å². The third kappa shape index (κ3) is 3.90. The molecule has 26 heavy (non-hydrogen) atoms. The van der Waals surface area contributed by atoms with Crippen molar-refractivity contribution in [2.24, 2.45) is 7.05 Å². The number of nitrogens with one attached hydrogen (secondary N) is 1. The minimum atomic E-state index is -0.226. The molecule has 2 amide bonds. The lowest BCUT2D eigenvalue weighted by molar-refractivity contribution is 0.189. The first-order chi connectivity index (χ1) is 12.6. The van der Waals surface area contributed by atoms with Crippen LogP contribution in [-0.2, 0) is 7.05 Å². The van der Waals surface area contributed by atoms with Crippen LogP contribution in [0.25, 0.3) is 0 Å². The number of rotatable bonds is 3. The van der Waals surface area contributed by atoms with E-state index in [2.05, 4.69) is 5.32 Å². The van der Waals surface area contributed by atoms with Crippen molar-refractivity contribution in [3.05, 3.63) is 58.5 Å². The Balaban J connectivity index is 1.84. The number of hydrogen-bond acceptors (Lipinski definition) is 3. The summed E-state index contributed by atoms with van der Waals surface area (Å²) in [7, 11) is 3.31. The fraction of sp³-hybridized carbons (Fsp3) is 0.400. The summed E-state index contributed by atoms with van der Waals surface area (Å²) in [6, 6.07) is 11.0. The summed E-state index contributed by atoms with van der Waals surface area (Å²) in [4.78, 5) is 27.0. The Morgan fingerprint density at radius 1 is 1.15 bits per heavy atom. The van der Waals surface area contributed by atoms with E-state index in [-0.39, 0.29) is 17.6 Å². The summed E-state index contributed by atoms with van der Waals surface area (Å²) < 4.78 is 6.69. The van der Waals surface area contributed by atoms with Crippen molar-refractivity contribution >= 4 is 11.7 Å². The molecule has 1 saturated heterocycles. The SMILES string of the molecule is COc1ccc(C2CCCCCN2C(=O)Nc2cccn(C)c2=O)cc1. The Morgan fingerprint density at radius 3 is 2.65 bits per heavy atom. The molecule has 0 radical (unpaired) electrons. The predicted molar refractivity (Wildman–Crippen MR) is 102 cm³/mol. The van der Waals surface area contributed by atoms with Crippen molar-refractivity contribution in [2.45, 2.75) is 31.7 Å². The molecule has 1 unspecified atom stereocenters. The molecule has 6 nitrogen and oxygen atoms in total. The maximum Gasteiger partial charge on any atom is 0.322 e. The van der Waals surface area contributed by atoms with E-state index >= 15 is 0 Å². The van der Waals surface area contributed by atoms with Gasteiger partial charge in [0.2, 0.25) is 0 Å². The quantitative estimate of drug-likeness (QED) is 0.916. The van der Waals surface area contributed by atoms with Gasteiger partial charge in [-0.3, -0.25) is 4.79 Å². The van der Waals surface area contributed by atoms with Gasteiger partial charge in [0.1, 0.15) is 11.4 Å². The number of aryl methyl sites for hydroxylation is 1. The van der Waals surface area contributed by atoms with Crippen LogP contribution < -0.4 is 15.6 Å². The lowest BCUT2D eigenvalue weighted by Gasteiger charge is -2.30. The van der Waals surface area contributed by atoms with E-state index < -0.39 is 0 Å². The number of aromatic nitrogens is 1. The number of amides is 2. The summed E-state index contributed by atoms with van der Waals surface area (Å²) in [6.45, 7) is 0.676. The number of anilines is 1. The number of ether oxygens (including phenoxy) is 1. The van der Waals surface area contributed by atoms with Gasteiger partial charge in [-0.1, -0.05) is 25.0 Å². The molecule has 6 heteroatoms. The largest absolute Gasteiger partial charge is 0.497 e. The summed E-state index contributed by atoms with van der Waals surface area (Å²) in [6.07, 6.45) is 5.72. The number of nitrogens with zero attached hydrogens (tertiary/aromatic N) is 2. The number of urea groups is 1. The molecule has 1 aliphatic heterocycles. The van der Waals surface area contributed by atoms with Gasteiger partial charge >= 0.3 is 6.03 Å². The zero-order chi connectivity index (χ0) is 18.5. The molecule has 0 aliphatic carbocycles. The Bertz CT molecular complexity index is 814. The van der Waals surface area contributed by atoms with E-state index in [1.54, 1.807) is 32.5 Å². The number of pyridine rings is 1. The van der Waals surface area contributed by atoms with Gasteiger partial charge in [0.15, 0.2) is 0 Å². The number of methoxy groups -OCH3 is 1. The molecule has 1 atom stereocenters. The minimum Gasteiger partial charge on any atom is -0.497 e. The maximum atomic E-state index is 12.9. The Labute approximate surface area is 153 Å². The van der Waals surface area contributed by atoms with Gasteiger partial charge in [0.05, 0.1) is 13.2 Å². The number of carbonyl (C=O) groups excluding carboxylic acids is 1. The van der Waals surface area contributed by atoms with E-state index in [1.165, 1.54) is 4.57 Å². The van der Waals surface area contributed by atoms with Crippen molar-refractivity contribution in [1.82, 2.24) is 9.47 Å². The highest BCUT2D eigenvalue weighted by molar-refractivity contribution is 5.89. The van der Waals surface area contributed by atoms with Crippen LogP contribution in [0, 0.1) is 0 Å². The molecule has 0 saturated carbocycles. The van der Waals surface area contributed by atoms with Crippen LogP contribution in [-0.4, -0.2) is 29.2 Å². The fourth-order valence-corrected chi connectivity index (χ4v) is 3.40. The van der Waals surface area contributed by atoms with E-state index in [9.17, 15) is 9.59 Å². The molecule has 1 N–H and O–H groups in total. The van der Waals surface area contributed by atoms with Gasteiger partial charge in [-0.05, 0) is 42.7 Å². The third-order valence-electron chi connectivity index (χ3n) is 4.88. The Kier molecular flexibility index (Phi) is 5.61. The number of likely N-dealkylation sites (tertiary alicyclic amines) is 1. The van der Waals surface area contributed by atoms with E-state index in [0.29, 0.717) is 12.2 Å².